The van der Waals surface area contributed by atoms with Gasteiger partial charge in [-0.05, 0) is 67.6 Å². The summed E-state index contributed by atoms with van der Waals surface area (Å²) in [6.07, 6.45) is 5.41. The molecule has 104 valence electrons. The molecule has 19 heavy (non-hydrogen) atoms. The van der Waals surface area contributed by atoms with Crippen LogP contribution in [0, 0.1) is 11.8 Å². The number of aryl methyl sites for hydroxylation is 1. The van der Waals surface area contributed by atoms with Gasteiger partial charge in [0, 0.05) is 23.5 Å². The van der Waals surface area contributed by atoms with E-state index in [1.54, 1.807) is 10.4 Å². The highest BCUT2D eigenvalue weighted by molar-refractivity contribution is 7.10. The Morgan fingerprint density at radius 2 is 2.37 bits per heavy atom. The minimum absolute atomic E-state index is 0.727. The summed E-state index contributed by atoms with van der Waals surface area (Å²) < 4.78 is 0. The van der Waals surface area contributed by atoms with Crippen LogP contribution in [0.15, 0.2) is 11.4 Å². The van der Waals surface area contributed by atoms with Crippen molar-refractivity contribution in [2.24, 2.45) is 11.8 Å². The van der Waals surface area contributed by atoms with Gasteiger partial charge in [-0.25, -0.2) is 0 Å². The van der Waals surface area contributed by atoms with Crippen LogP contribution in [0.1, 0.15) is 42.7 Å². The van der Waals surface area contributed by atoms with E-state index in [1.807, 2.05) is 11.3 Å². The predicted molar refractivity (Wildman–Crippen MR) is 80.6 cm³/mol. The number of likely N-dealkylation sites (tertiary alicyclic amines) is 1. The second kappa shape index (κ2) is 4.87. The zero-order valence-electron chi connectivity index (χ0n) is 11.8. The van der Waals surface area contributed by atoms with E-state index in [0.29, 0.717) is 0 Å². The van der Waals surface area contributed by atoms with Crippen LogP contribution in [0.4, 0.5) is 0 Å². The Morgan fingerprint density at radius 1 is 1.42 bits per heavy atom. The van der Waals surface area contributed by atoms with Crippen LogP contribution in [0.25, 0.3) is 0 Å². The van der Waals surface area contributed by atoms with Crippen molar-refractivity contribution in [3.8, 4) is 0 Å². The lowest BCUT2D eigenvalue weighted by Gasteiger charge is -2.37. The van der Waals surface area contributed by atoms with E-state index in [1.165, 1.54) is 45.3 Å². The van der Waals surface area contributed by atoms with Gasteiger partial charge in [0.05, 0.1) is 0 Å². The molecule has 4 rings (SSSR count). The molecule has 2 aliphatic heterocycles. The molecule has 0 spiro atoms. The molecule has 3 aliphatic rings. The summed E-state index contributed by atoms with van der Waals surface area (Å²) in [5.74, 6) is 1.82. The molecule has 0 saturated carbocycles. The van der Waals surface area contributed by atoms with Gasteiger partial charge in [0.2, 0.25) is 0 Å². The van der Waals surface area contributed by atoms with Crippen molar-refractivity contribution in [1.82, 2.24) is 10.2 Å². The Morgan fingerprint density at radius 3 is 3.26 bits per heavy atom. The van der Waals surface area contributed by atoms with Gasteiger partial charge >= 0.3 is 0 Å². The summed E-state index contributed by atoms with van der Waals surface area (Å²) in [6.45, 7) is 6.22. The molecule has 2 saturated heterocycles. The van der Waals surface area contributed by atoms with Crippen molar-refractivity contribution < 1.29 is 0 Å². The third-order valence-corrected chi connectivity index (χ3v) is 6.59. The number of hydrogen-bond donors (Lipinski definition) is 1. The molecule has 4 atom stereocenters. The molecule has 0 amide bonds. The molecule has 2 fully saturated rings. The van der Waals surface area contributed by atoms with Gasteiger partial charge in [-0.2, -0.15) is 0 Å². The minimum Gasteiger partial charge on any atom is -0.316 e. The fourth-order valence-corrected chi connectivity index (χ4v) is 5.74. The quantitative estimate of drug-likeness (QED) is 0.893. The second-order valence-electron chi connectivity index (χ2n) is 6.46. The molecule has 0 bridgehead atoms. The molecule has 1 aliphatic carbocycles. The summed E-state index contributed by atoms with van der Waals surface area (Å²) >= 11 is 1.98. The maximum absolute atomic E-state index is 3.60. The van der Waals surface area contributed by atoms with Gasteiger partial charge < -0.3 is 5.32 Å². The van der Waals surface area contributed by atoms with E-state index < -0.39 is 0 Å². The van der Waals surface area contributed by atoms with Gasteiger partial charge in [0.1, 0.15) is 0 Å². The highest BCUT2D eigenvalue weighted by Crippen LogP contribution is 2.44. The maximum Gasteiger partial charge on any atom is 0.0362 e. The van der Waals surface area contributed by atoms with E-state index in [4.69, 9.17) is 0 Å². The molecule has 4 unspecified atom stereocenters. The molecule has 0 radical (unpaired) electrons. The van der Waals surface area contributed by atoms with Crippen LogP contribution < -0.4 is 5.32 Å². The van der Waals surface area contributed by atoms with Crippen LogP contribution in [0.2, 0.25) is 0 Å². The first kappa shape index (κ1) is 12.4. The average molecular weight is 276 g/mol. The van der Waals surface area contributed by atoms with Crippen LogP contribution in [0.5, 0.6) is 0 Å². The normalized spacial score (nSPS) is 38.4. The first-order valence-electron chi connectivity index (χ1n) is 7.91. The topological polar surface area (TPSA) is 15.3 Å². The second-order valence-corrected chi connectivity index (χ2v) is 7.46. The Hall–Kier alpha value is -0.380. The first-order chi connectivity index (χ1) is 9.38. The molecule has 1 N–H and O–H groups in total. The first-order valence-corrected chi connectivity index (χ1v) is 8.79. The van der Waals surface area contributed by atoms with Crippen LogP contribution >= 0.6 is 11.3 Å². The van der Waals surface area contributed by atoms with E-state index in [-0.39, 0.29) is 0 Å². The van der Waals surface area contributed by atoms with Gasteiger partial charge in [-0.1, -0.05) is 6.92 Å². The molecule has 3 heteroatoms. The van der Waals surface area contributed by atoms with Gasteiger partial charge in [0.25, 0.3) is 0 Å². The predicted octanol–water partition coefficient (Wildman–Crippen LogP) is 3.06. The third kappa shape index (κ3) is 1.90. The molecule has 3 heterocycles. The highest BCUT2D eigenvalue weighted by atomic mass is 32.1. The molecular formula is C16H24N2S. The number of rotatable bonds is 2. The van der Waals surface area contributed by atoms with Crippen molar-refractivity contribution >= 4 is 11.3 Å². The summed E-state index contributed by atoms with van der Waals surface area (Å²) in [6, 6.07) is 3.95. The van der Waals surface area contributed by atoms with Crippen molar-refractivity contribution in [3.63, 3.8) is 0 Å². The van der Waals surface area contributed by atoms with Gasteiger partial charge in [-0.15, -0.1) is 11.3 Å². The van der Waals surface area contributed by atoms with E-state index in [2.05, 4.69) is 28.6 Å². The molecule has 1 aromatic heterocycles. The Kier molecular flexibility index (Phi) is 3.17. The number of nitrogens with zero attached hydrogens (tertiary/aromatic N) is 1. The summed E-state index contributed by atoms with van der Waals surface area (Å²) in [4.78, 5) is 4.54. The lowest BCUT2D eigenvalue weighted by atomic mass is 9.90. The lowest BCUT2D eigenvalue weighted by molar-refractivity contribution is 0.141. The van der Waals surface area contributed by atoms with Crippen molar-refractivity contribution in [3.05, 3.63) is 21.9 Å². The Labute approximate surface area is 120 Å². The fourth-order valence-electron chi connectivity index (χ4n) is 4.76. The molecular weight excluding hydrogens is 252 g/mol. The number of fused-ring (bicyclic) bond motifs is 2. The minimum atomic E-state index is 0.727. The van der Waals surface area contributed by atoms with Gasteiger partial charge in [0.15, 0.2) is 0 Å². The maximum atomic E-state index is 3.60. The smallest absolute Gasteiger partial charge is 0.0362 e. The van der Waals surface area contributed by atoms with Crippen LogP contribution in [0.3, 0.4) is 0 Å². The third-order valence-electron chi connectivity index (χ3n) is 5.60. The zero-order valence-corrected chi connectivity index (χ0v) is 12.6. The molecule has 2 nitrogen and oxygen atoms in total. The van der Waals surface area contributed by atoms with E-state index in [9.17, 15) is 0 Å². The van der Waals surface area contributed by atoms with Crippen molar-refractivity contribution in [1.29, 1.82) is 0 Å². The van der Waals surface area contributed by atoms with Crippen molar-refractivity contribution in [2.75, 3.05) is 19.6 Å². The molecule has 0 aromatic carbocycles. The standard InChI is InChI=1S/C16H24N2S/c1-2-14-13-9-17-8-11(13)10-18(14)15-4-3-5-16-12(15)6-7-19-16/h6-7,11,13-15,17H,2-5,8-10H2,1H3. The summed E-state index contributed by atoms with van der Waals surface area (Å²) in [5.41, 5.74) is 1.67. The van der Waals surface area contributed by atoms with E-state index >= 15 is 0 Å². The summed E-state index contributed by atoms with van der Waals surface area (Å²) in [5, 5.41) is 5.91. The highest BCUT2D eigenvalue weighted by Gasteiger charge is 2.46. The van der Waals surface area contributed by atoms with E-state index in [0.717, 1.165) is 23.9 Å². The summed E-state index contributed by atoms with van der Waals surface area (Å²) in [7, 11) is 0. The average Bonchev–Trinajstić information content (AvgIpc) is 3.12. The Balaban J connectivity index is 1.63. The fraction of sp³-hybridized carbons (Fsp3) is 0.750. The van der Waals surface area contributed by atoms with Crippen molar-refractivity contribution in [2.45, 2.75) is 44.7 Å². The number of thiophene rings is 1. The zero-order chi connectivity index (χ0) is 12.8. The van der Waals surface area contributed by atoms with Crippen LogP contribution in [-0.4, -0.2) is 30.6 Å². The number of nitrogens with one attached hydrogen (secondary N) is 1. The molecule has 1 aromatic rings. The Bertz CT molecular complexity index is 455. The SMILES string of the molecule is CCC1C2CNCC2CN1C1CCCc2sccc21. The van der Waals surface area contributed by atoms with Crippen LogP contribution in [-0.2, 0) is 6.42 Å². The largest absolute Gasteiger partial charge is 0.316 e. The number of hydrogen-bond acceptors (Lipinski definition) is 3. The lowest BCUT2D eigenvalue weighted by Crippen LogP contribution is -2.38. The monoisotopic (exact) mass is 276 g/mol. The van der Waals surface area contributed by atoms with Gasteiger partial charge in [-0.3, -0.25) is 4.90 Å².